The number of halogens is 1. The maximum Gasteiger partial charge on any atom is 0.212 e. The SMILES string of the molecule is CNCC(O)c1ccc(F)nc1. The first-order valence-corrected chi connectivity index (χ1v) is 3.68. The molecule has 0 fully saturated rings. The molecule has 12 heavy (non-hydrogen) atoms. The first-order valence-electron chi connectivity index (χ1n) is 3.68. The monoisotopic (exact) mass is 170 g/mol. The van der Waals surface area contributed by atoms with Gasteiger partial charge in [0.1, 0.15) is 0 Å². The number of hydrogen-bond acceptors (Lipinski definition) is 3. The maximum absolute atomic E-state index is 12.3. The second kappa shape index (κ2) is 4.13. The summed E-state index contributed by atoms with van der Waals surface area (Å²) in [4.78, 5) is 3.43. The van der Waals surface area contributed by atoms with Crippen LogP contribution in [0.2, 0.25) is 0 Å². The molecule has 0 aliphatic rings. The Balaban J connectivity index is 2.68. The van der Waals surface area contributed by atoms with E-state index in [9.17, 15) is 9.50 Å². The van der Waals surface area contributed by atoms with Gasteiger partial charge >= 0.3 is 0 Å². The normalized spacial score (nSPS) is 12.9. The summed E-state index contributed by atoms with van der Waals surface area (Å²) in [5.41, 5.74) is 0.616. The average Bonchev–Trinajstić information content (AvgIpc) is 2.06. The highest BCUT2D eigenvalue weighted by molar-refractivity contribution is 5.12. The van der Waals surface area contributed by atoms with Crippen LogP contribution in [0, 0.1) is 5.95 Å². The van der Waals surface area contributed by atoms with Crippen molar-refractivity contribution in [3.63, 3.8) is 0 Å². The number of pyridine rings is 1. The summed E-state index contributed by atoms with van der Waals surface area (Å²) < 4.78 is 12.3. The standard InChI is InChI=1S/C8H11FN2O/c1-10-5-7(12)6-2-3-8(9)11-4-6/h2-4,7,10,12H,5H2,1H3. The summed E-state index contributed by atoms with van der Waals surface area (Å²) in [7, 11) is 1.74. The van der Waals surface area contributed by atoms with Gasteiger partial charge in [0.05, 0.1) is 6.10 Å². The maximum atomic E-state index is 12.3. The van der Waals surface area contributed by atoms with E-state index in [0.717, 1.165) is 0 Å². The van der Waals surface area contributed by atoms with Crippen molar-refractivity contribution in [3.05, 3.63) is 29.8 Å². The Hall–Kier alpha value is -1.00. The van der Waals surface area contributed by atoms with E-state index in [-0.39, 0.29) is 0 Å². The van der Waals surface area contributed by atoms with E-state index in [1.165, 1.54) is 18.3 Å². The summed E-state index contributed by atoms with van der Waals surface area (Å²) in [6.07, 6.45) is 0.709. The smallest absolute Gasteiger partial charge is 0.212 e. The molecule has 0 bridgehead atoms. The van der Waals surface area contributed by atoms with Crippen LogP contribution in [0.1, 0.15) is 11.7 Å². The number of aromatic nitrogens is 1. The van der Waals surface area contributed by atoms with E-state index < -0.39 is 12.1 Å². The van der Waals surface area contributed by atoms with Crippen LogP contribution in [-0.2, 0) is 0 Å². The van der Waals surface area contributed by atoms with Gasteiger partial charge in [0.15, 0.2) is 0 Å². The van der Waals surface area contributed by atoms with Gasteiger partial charge in [-0.1, -0.05) is 6.07 Å². The van der Waals surface area contributed by atoms with Crippen LogP contribution in [0.25, 0.3) is 0 Å². The van der Waals surface area contributed by atoms with Crippen molar-refractivity contribution in [1.29, 1.82) is 0 Å². The molecule has 66 valence electrons. The number of aliphatic hydroxyl groups excluding tert-OH is 1. The third-order valence-corrected chi connectivity index (χ3v) is 1.53. The lowest BCUT2D eigenvalue weighted by molar-refractivity contribution is 0.177. The van der Waals surface area contributed by atoms with Crippen LogP contribution in [-0.4, -0.2) is 23.7 Å². The lowest BCUT2D eigenvalue weighted by Crippen LogP contribution is -2.16. The highest BCUT2D eigenvalue weighted by Gasteiger charge is 2.05. The van der Waals surface area contributed by atoms with Crippen LogP contribution in [0.4, 0.5) is 4.39 Å². The molecule has 0 radical (unpaired) electrons. The molecular weight excluding hydrogens is 159 g/mol. The van der Waals surface area contributed by atoms with Gasteiger partial charge < -0.3 is 10.4 Å². The van der Waals surface area contributed by atoms with Crippen LogP contribution in [0.3, 0.4) is 0 Å². The van der Waals surface area contributed by atoms with Crippen LogP contribution < -0.4 is 5.32 Å². The molecule has 0 aromatic carbocycles. The van der Waals surface area contributed by atoms with Crippen LogP contribution in [0.15, 0.2) is 18.3 Å². The topological polar surface area (TPSA) is 45.1 Å². The van der Waals surface area contributed by atoms with Crippen molar-refractivity contribution >= 4 is 0 Å². The lowest BCUT2D eigenvalue weighted by atomic mass is 10.2. The fourth-order valence-electron chi connectivity index (χ4n) is 0.896. The minimum absolute atomic E-state index is 0.438. The molecule has 1 atom stereocenters. The fourth-order valence-corrected chi connectivity index (χ4v) is 0.896. The van der Waals surface area contributed by atoms with E-state index in [4.69, 9.17) is 0 Å². The number of rotatable bonds is 3. The molecule has 0 spiro atoms. The summed E-state index contributed by atoms with van der Waals surface area (Å²) >= 11 is 0. The van der Waals surface area contributed by atoms with E-state index in [1.807, 2.05) is 0 Å². The van der Waals surface area contributed by atoms with Gasteiger partial charge in [-0.15, -0.1) is 0 Å². The van der Waals surface area contributed by atoms with Crippen molar-refractivity contribution in [1.82, 2.24) is 10.3 Å². The zero-order valence-corrected chi connectivity index (χ0v) is 6.79. The molecule has 1 aromatic rings. The molecule has 4 heteroatoms. The molecule has 1 rings (SSSR count). The molecule has 0 aliphatic heterocycles. The van der Waals surface area contributed by atoms with Crippen molar-refractivity contribution in [2.24, 2.45) is 0 Å². The van der Waals surface area contributed by atoms with Gasteiger partial charge in [0.2, 0.25) is 5.95 Å². The first kappa shape index (κ1) is 9.09. The quantitative estimate of drug-likeness (QED) is 0.648. The van der Waals surface area contributed by atoms with Gasteiger partial charge in [0, 0.05) is 18.3 Å². The van der Waals surface area contributed by atoms with E-state index in [2.05, 4.69) is 10.3 Å². The van der Waals surface area contributed by atoms with Gasteiger partial charge in [0.25, 0.3) is 0 Å². The van der Waals surface area contributed by atoms with E-state index in [0.29, 0.717) is 12.1 Å². The first-order chi connectivity index (χ1) is 5.74. The Morgan fingerprint density at radius 1 is 1.67 bits per heavy atom. The Morgan fingerprint density at radius 3 is 2.92 bits per heavy atom. The van der Waals surface area contributed by atoms with Crippen molar-refractivity contribution in [2.45, 2.75) is 6.10 Å². The van der Waals surface area contributed by atoms with Gasteiger partial charge in [-0.3, -0.25) is 0 Å². The second-order valence-electron chi connectivity index (χ2n) is 2.49. The Morgan fingerprint density at radius 2 is 2.42 bits per heavy atom. The van der Waals surface area contributed by atoms with Crippen LogP contribution >= 0.6 is 0 Å². The molecule has 1 unspecified atom stereocenters. The summed E-state index contributed by atoms with van der Waals surface area (Å²) in [5, 5.41) is 12.2. The zero-order chi connectivity index (χ0) is 8.97. The summed E-state index contributed by atoms with van der Waals surface area (Å²) in [5.74, 6) is -0.532. The van der Waals surface area contributed by atoms with Crippen molar-refractivity contribution in [3.8, 4) is 0 Å². The minimum Gasteiger partial charge on any atom is -0.387 e. The molecule has 1 heterocycles. The molecule has 0 amide bonds. The number of nitrogens with zero attached hydrogens (tertiary/aromatic N) is 1. The third kappa shape index (κ3) is 2.25. The number of likely N-dealkylation sites (N-methyl/N-ethyl adjacent to an activating group) is 1. The van der Waals surface area contributed by atoms with Gasteiger partial charge in [-0.05, 0) is 13.1 Å². The number of nitrogens with one attached hydrogen (secondary N) is 1. The van der Waals surface area contributed by atoms with Gasteiger partial charge in [-0.2, -0.15) is 4.39 Å². The third-order valence-electron chi connectivity index (χ3n) is 1.53. The lowest BCUT2D eigenvalue weighted by Gasteiger charge is -2.08. The highest BCUT2D eigenvalue weighted by Crippen LogP contribution is 2.09. The molecule has 2 N–H and O–H groups in total. The summed E-state index contributed by atoms with van der Waals surface area (Å²) in [6, 6.07) is 2.75. The predicted molar refractivity (Wildman–Crippen MR) is 43.1 cm³/mol. The largest absolute Gasteiger partial charge is 0.387 e. The fraction of sp³-hybridized carbons (Fsp3) is 0.375. The summed E-state index contributed by atoms with van der Waals surface area (Å²) in [6.45, 7) is 0.438. The zero-order valence-electron chi connectivity index (χ0n) is 6.79. The Kier molecular flexibility index (Phi) is 3.13. The van der Waals surface area contributed by atoms with E-state index in [1.54, 1.807) is 7.05 Å². The average molecular weight is 170 g/mol. The van der Waals surface area contributed by atoms with Crippen molar-refractivity contribution in [2.75, 3.05) is 13.6 Å². The highest BCUT2D eigenvalue weighted by atomic mass is 19.1. The molecule has 1 aromatic heterocycles. The molecular formula is C8H11FN2O. The Bertz CT molecular complexity index is 237. The van der Waals surface area contributed by atoms with Crippen LogP contribution in [0.5, 0.6) is 0 Å². The predicted octanol–water partition coefficient (Wildman–Crippen LogP) is 0.474. The van der Waals surface area contributed by atoms with Crippen molar-refractivity contribution < 1.29 is 9.50 Å². The number of hydrogen-bond donors (Lipinski definition) is 2. The second-order valence-corrected chi connectivity index (χ2v) is 2.49. The minimum atomic E-state index is -0.622. The van der Waals surface area contributed by atoms with Gasteiger partial charge in [-0.25, -0.2) is 4.98 Å². The molecule has 0 aliphatic carbocycles. The Labute approximate surface area is 70.3 Å². The molecule has 0 saturated carbocycles. The molecule has 3 nitrogen and oxygen atoms in total. The van der Waals surface area contributed by atoms with E-state index >= 15 is 0 Å². The molecule has 0 saturated heterocycles. The number of aliphatic hydroxyl groups is 1.